The zero-order chi connectivity index (χ0) is 25.4. The topological polar surface area (TPSA) is 159 Å². The lowest BCUT2D eigenvalue weighted by molar-refractivity contribution is -0.385. The highest BCUT2D eigenvalue weighted by Gasteiger charge is 2.27. The van der Waals surface area contributed by atoms with Gasteiger partial charge >= 0.3 is 5.97 Å². The number of amides is 1. The molecule has 3 rings (SSSR count). The van der Waals surface area contributed by atoms with Gasteiger partial charge in [-0.05, 0) is 18.2 Å². The molecule has 178 valence electrons. The quantitative estimate of drug-likeness (QED) is 0.195. The number of anilines is 1. The van der Waals surface area contributed by atoms with Crippen LogP contribution in [-0.4, -0.2) is 27.5 Å². The maximum Gasteiger partial charge on any atom is 0.307 e. The molecule has 0 heterocycles. The third-order valence-corrected chi connectivity index (χ3v) is 4.85. The molecule has 11 nitrogen and oxygen atoms in total. The maximum atomic E-state index is 13.0. The van der Waals surface area contributed by atoms with E-state index in [9.17, 15) is 34.6 Å². The van der Waals surface area contributed by atoms with Gasteiger partial charge in [0.15, 0.2) is 6.10 Å². The average Bonchev–Trinajstić information content (AvgIpc) is 2.86. The number of nitrogens with one attached hydrogen (secondary N) is 1. The number of ketones is 1. The molecule has 0 aliphatic carbocycles. The van der Waals surface area contributed by atoms with E-state index in [0.29, 0.717) is 0 Å². The Balaban J connectivity index is 1.68. The van der Waals surface area contributed by atoms with Gasteiger partial charge in [0.2, 0.25) is 11.7 Å². The number of nitro benzene ring substituents is 2. The molecule has 35 heavy (non-hydrogen) atoms. The van der Waals surface area contributed by atoms with Crippen molar-refractivity contribution in [2.24, 2.45) is 0 Å². The van der Waals surface area contributed by atoms with E-state index in [1.165, 1.54) is 48.5 Å². The largest absolute Gasteiger partial charge is 0.449 e. The molecule has 11 heteroatoms. The molecule has 3 aromatic rings. The number of ether oxygens (including phenoxy) is 1. The summed E-state index contributed by atoms with van der Waals surface area (Å²) in [6.45, 7) is 0. The second-order valence-electron chi connectivity index (χ2n) is 7.30. The summed E-state index contributed by atoms with van der Waals surface area (Å²) < 4.78 is 5.38. The fourth-order valence-corrected chi connectivity index (χ4v) is 3.12. The average molecular weight is 477 g/mol. The van der Waals surface area contributed by atoms with Crippen molar-refractivity contribution in [1.82, 2.24) is 0 Å². The van der Waals surface area contributed by atoms with E-state index in [1.54, 1.807) is 30.3 Å². The van der Waals surface area contributed by atoms with Crippen molar-refractivity contribution < 1.29 is 29.0 Å². The number of rotatable bonds is 10. The lowest BCUT2D eigenvalue weighted by Crippen LogP contribution is -2.21. The summed E-state index contributed by atoms with van der Waals surface area (Å²) in [6, 6.07) is 18.4. The van der Waals surface area contributed by atoms with E-state index in [-0.39, 0.29) is 41.0 Å². The van der Waals surface area contributed by atoms with Crippen molar-refractivity contribution >= 4 is 34.7 Å². The van der Waals surface area contributed by atoms with Gasteiger partial charge in [0.1, 0.15) is 0 Å². The Bertz CT molecular complexity index is 1260. The number of hydrogen-bond donors (Lipinski definition) is 1. The Labute approximate surface area is 198 Å². The van der Waals surface area contributed by atoms with Crippen LogP contribution in [0.25, 0.3) is 0 Å². The number of non-ortho nitro benzene ring substituents is 2. The van der Waals surface area contributed by atoms with E-state index < -0.39 is 33.6 Å². The number of carbonyl (C=O) groups is 3. The molecule has 0 aliphatic heterocycles. The normalized spacial score (nSPS) is 11.2. The van der Waals surface area contributed by atoms with Gasteiger partial charge in [-0.25, -0.2) is 0 Å². The van der Waals surface area contributed by atoms with Crippen LogP contribution >= 0.6 is 0 Å². The smallest absolute Gasteiger partial charge is 0.307 e. The zero-order valence-electron chi connectivity index (χ0n) is 18.2. The molecule has 0 aliphatic rings. The number of nitrogens with zero attached hydrogens (tertiary/aromatic N) is 2. The molecular formula is C24H19N3O8. The lowest BCUT2D eigenvalue weighted by Gasteiger charge is -2.17. The minimum atomic E-state index is -1.37. The predicted octanol–water partition coefficient (Wildman–Crippen LogP) is 4.39. The summed E-state index contributed by atoms with van der Waals surface area (Å²) in [6.07, 6.45) is -2.04. The summed E-state index contributed by atoms with van der Waals surface area (Å²) in [5.74, 6) is -1.95. The number of esters is 1. The summed E-state index contributed by atoms with van der Waals surface area (Å²) >= 11 is 0. The van der Waals surface area contributed by atoms with E-state index in [1.807, 2.05) is 0 Å². The first-order chi connectivity index (χ1) is 16.7. The van der Waals surface area contributed by atoms with Crippen LogP contribution < -0.4 is 5.32 Å². The number of benzene rings is 3. The minimum absolute atomic E-state index is 0.191. The molecule has 1 atom stereocenters. The highest BCUT2D eigenvalue weighted by molar-refractivity contribution is 6.01. The molecule has 1 N–H and O–H groups in total. The lowest BCUT2D eigenvalue weighted by atomic mass is 9.99. The van der Waals surface area contributed by atoms with E-state index in [2.05, 4.69) is 5.32 Å². The second kappa shape index (κ2) is 11.3. The summed E-state index contributed by atoms with van der Waals surface area (Å²) in [5, 5.41) is 24.2. The van der Waals surface area contributed by atoms with Crippen LogP contribution in [0.5, 0.6) is 0 Å². The first-order valence-electron chi connectivity index (χ1n) is 10.3. The number of carbonyl (C=O) groups excluding carboxylic acids is 3. The van der Waals surface area contributed by atoms with Crippen LogP contribution in [-0.2, 0) is 14.3 Å². The monoisotopic (exact) mass is 477 g/mol. The van der Waals surface area contributed by atoms with Crippen LogP contribution in [0.15, 0.2) is 78.9 Å². The zero-order valence-corrected chi connectivity index (χ0v) is 18.2. The van der Waals surface area contributed by atoms with Crippen LogP contribution in [0.1, 0.15) is 34.9 Å². The molecule has 0 saturated heterocycles. The summed E-state index contributed by atoms with van der Waals surface area (Å²) in [4.78, 5) is 58.3. The highest BCUT2D eigenvalue weighted by Crippen LogP contribution is 2.26. The van der Waals surface area contributed by atoms with E-state index >= 15 is 0 Å². The van der Waals surface area contributed by atoms with Crippen LogP contribution in [0, 0.1) is 20.2 Å². The third-order valence-electron chi connectivity index (χ3n) is 4.85. The highest BCUT2D eigenvalue weighted by atomic mass is 16.6. The van der Waals surface area contributed by atoms with Crippen molar-refractivity contribution in [3.8, 4) is 0 Å². The molecule has 0 aromatic heterocycles. The van der Waals surface area contributed by atoms with Crippen molar-refractivity contribution in [2.45, 2.75) is 18.9 Å². The van der Waals surface area contributed by atoms with Gasteiger partial charge in [0, 0.05) is 47.5 Å². The fourth-order valence-electron chi connectivity index (χ4n) is 3.12. The van der Waals surface area contributed by atoms with E-state index in [0.717, 1.165) is 0 Å². The van der Waals surface area contributed by atoms with Gasteiger partial charge in [-0.15, -0.1) is 0 Å². The first-order valence-corrected chi connectivity index (χ1v) is 10.3. The van der Waals surface area contributed by atoms with Crippen LogP contribution in [0.4, 0.5) is 17.1 Å². The Hall–Kier alpha value is -4.93. The van der Waals surface area contributed by atoms with Crippen molar-refractivity contribution in [3.05, 3.63) is 110 Å². The first kappa shape index (κ1) is 24.7. The Morgan fingerprint density at radius 1 is 0.800 bits per heavy atom. The summed E-state index contributed by atoms with van der Waals surface area (Å²) in [7, 11) is 0. The standard InChI is InChI=1S/C24H19N3O8/c28-21(25-18-7-4-8-20(15-18)27(33)34)13-14-22(29)35-24(23(30)16-5-2-1-3-6-16)17-9-11-19(12-10-17)26(31)32/h1-12,15,24H,13-14H2,(H,25,28)/t24-/m1/s1. The van der Waals surface area contributed by atoms with Crippen molar-refractivity contribution in [2.75, 3.05) is 5.32 Å². The number of hydrogen-bond acceptors (Lipinski definition) is 8. The molecule has 3 aromatic carbocycles. The van der Waals surface area contributed by atoms with Gasteiger partial charge in [0.05, 0.1) is 16.3 Å². The Morgan fingerprint density at radius 3 is 2.09 bits per heavy atom. The van der Waals surface area contributed by atoms with Crippen LogP contribution in [0.3, 0.4) is 0 Å². The fraction of sp³-hybridized carbons (Fsp3) is 0.125. The number of Topliss-reactive ketones (excluding diaryl/α,β-unsaturated/α-hetero) is 1. The third kappa shape index (κ3) is 6.78. The molecule has 0 fully saturated rings. The van der Waals surface area contributed by atoms with E-state index in [4.69, 9.17) is 4.74 Å². The predicted molar refractivity (Wildman–Crippen MR) is 124 cm³/mol. The van der Waals surface area contributed by atoms with Crippen molar-refractivity contribution in [3.63, 3.8) is 0 Å². The second-order valence-corrected chi connectivity index (χ2v) is 7.30. The van der Waals surface area contributed by atoms with Gasteiger partial charge in [0.25, 0.3) is 11.4 Å². The van der Waals surface area contributed by atoms with Crippen molar-refractivity contribution in [1.29, 1.82) is 0 Å². The van der Waals surface area contributed by atoms with Gasteiger partial charge in [-0.1, -0.05) is 36.4 Å². The minimum Gasteiger partial charge on any atom is -0.449 e. The maximum absolute atomic E-state index is 13.0. The Kier molecular flexibility index (Phi) is 7.96. The van der Waals surface area contributed by atoms with Crippen LogP contribution in [0.2, 0.25) is 0 Å². The molecule has 0 spiro atoms. The van der Waals surface area contributed by atoms with Gasteiger partial charge < -0.3 is 10.1 Å². The van der Waals surface area contributed by atoms with Gasteiger partial charge in [-0.2, -0.15) is 0 Å². The summed E-state index contributed by atoms with van der Waals surface area (Å²) in [5.41, 5.74) is 0.308. The number of nitro groups is 2. The molecular weight excluding hydrogens is 458 g/mol. The molecule has 0 saturated carbocycles. The molecule has 0 unspecified atom stereocenters. The molecule has 0 radical (unpaired) electrons. The van der Waals surface area contributed by atoms with Gasteiger partial charge in [-0.3, -0.25) is 34.6 Å². The molecule has 0 bridgehead atoms. The SMILES string of the molecule is O=C(CCC(=O)O[C@@H](C(=O)c1ccccc1)c1ccc([N+](=O)[O-])cc1)Nc1cccc([N+](=O)[O-])c1. The Morgan fingerprint density at radius 2 is 1.46 bits per heavy atom. The molecule has 1 amide bonds.